The topological polar surface area (TPSA) is 48.0 Å². The van der Waals surface area contributed by atoms with Crippen LogP contribution in [0.25, 0.3) is 0 Å². The molecule has 0 aromatic rings. The van der Waals surface area contributed by atoms with Gasteiger partial charge in [0.05, 0.1) is 12.1 Å². The van der Waals surface area contributed by atoms with Gasteiger partial charge in [-0.1, -0.05) is 12.2 Å². The van der Waals surface area contributed by atoms with Crippen LogP contribution in [0.2, 0.25) is 0 Å². The maximum atomic E-state index is 12.2. The van der Waals surface area contributed by atoms with Crippen LogP contribution in [0.5, 0.6) is 0 Å². The molecule has 0 radical (unpaired) electrons. The number of nitrogens with zero attached hydrogens (tertiary/aromatic N) is 1. The molecule has 0 aromatic heterocycles. The zero-order chi connectivity index (χ0) is 15.8. The van der Waals surface area contributed by atoms with Gasteiger partial charge in [-0.15, -0.1) is 13.2 Å². The van der Waals surface area contributed by atoms with Crippen molar-refractivity contribution in [1.82, 2.24) is 4.90 Å². The molecule has 2 atom stereocenters. The molecule has 0 heterocycles. The molecular formula is C15H27NO4. The number of carbonyl (C=O) groups excluding carboxylic acids is 1. The number of hydrogen-bond donors (Lipinski definition) is 0. The maximum Gasteiger partial charge on any atom is 0.410 e. The van der Waals surface area contributed by atoms with Crippen molar-refractivity contribution in [2.24, 2.45) is 0 Å². The molecule has 1 amide bonds. The van der Waals surface area contributed by atoms with E-state index in [4.69, 9.17) is 14.2 Å². The minimum Gasteiger partial charge on any atom is -0.444 e. The van der Waals surface area contributed by atoms with Crippen LogP contribution in [0.15, 0.2) is 25.3 Å². The molecule has 0 aliphatic carbocycles. The molecule has 0 unspecified atom stereocenters. The Morgan fingerprint density at radius 1 is 1.35 bits per heavy atom. The molecule has 0 rings (SSSR count). The van der Waals surface area contributed by atoms with Crippen molar-refractivity contribution in [2.45, 2.75) is 45.4 Å². The smallest absolute Gasteiger partial charge is 0.410 e. The average Bonchev–Trinajstić information content (AvgIpc) is 2.34. The summed E-state index contributed by atoms with van der Waals surface area (Å²) in [5, 5.41) is 0. The van der Waals surface area contributed by atoms with Gasteiger partial charge in [-0.3, -0.25) is 4.90 Å². The molecule has 0 spiro atoms. The third kappa shape index (κ3) is 6.73. The van der Waals surface area contributed by atoms with Gasteiger partial charge in [-0.2, -0.15) is 0 Å². The van der Waals surface area contributed by atoms with Crippen LogP contribution in [-0.2, 0) is 14.2 Å². The quantitative estimate of drug-likeness (QED) is 0.508. The number of methoxy groups -OCH3 is 1. The van der Waals surface area contributed by atoms with Crippen LogP contribution in [0.3, 0.4) is 0 Å². The van der Waals surface area contributed by atoms with Crippen LogP contribution in [0, 0.1) is 0 Å². The Balaban J connectivity index is 4.90. The fourth-order valence-electron chi connectivity index (χ4n) is 1.59. The van der Waals surface area contributed by atoms with E-state index in [2.05, 4.69) is 13.2 Å². The fourth-order valence-corrected chi connectivity index (χ4v) is 1.59. The van der Waals surface area contributed by atoms with E-state index in [1.807, 2.05) is 27.7 Å². The van der Waals surface area contributed by atoms with Gasteiger partial charge in [0, 0.05) is 13.7 Å². The van der Waals surface area contributed by atoms with E-state index in [0.717, 1.165) is 0 Å². The Labute approximate surface area is 122 Å². The molecule has 0 aromatic carbocycles. The fraction of sp³-hybridized carbons (Fsp3) is 0.667. The average molecular weight is 285 g/mol. The molecule has 0 bridgehead atoms. The van der Waals surface area contributed by atoms with Crippen molar-refractivity contribution in [3.63, 3.8) is 0 Å². The monoisotopic (exact) mass is 285 g/mol. The van der Waals surface area contributed by atoms with Gasteiger partial charge >= 0.3 is 6.09 Å². The van der Waals surface area contributed by atoms with E-state index < -0.39 is 11.7 Å². The van der Waals surface area contributed by atoms with E-state index in [0.29, 0.717) is 6.54 Å². The second kappa shape index (κ2) is 8.76. The number of carbonyl (C=O) groups is 1. The Morgan fingerprint density at radius 3 is 2.35 bits per heavy atom. The number of amides is 1. The van der Waals surface area contributed by atoms with E-state index in [-0.39, 0.29) is 18.9 Å². The predicted octanol–water partition coefficient (Wildman–Crippen LogP) is 2.97. The maximum absolute atomic E-state index is 12.2. The molecule has 5 nitrogen and oxygen atoms in total. The highest BCUT2D eigenvalue weighted by atomic mass is 16.7. The van der Waals surface area contributed by atoms with Crippen LogP contribution in [-0.4, -0.2) is 49.2 Å². The third-order valence-corrected chi connectivity index (χ3v) is 2.53. The molecule has 0 saturated carbocycles. The molecule has 0 N–H and O–H groups in total. The Bertz CT molecular complexity index is 322. The molecule has 0 fully saturated rings. The van der Waals surface area contributed by atoms with E-state index >= 15 is 0 Å². The summed E-state index contributed by atoms with van der Waals surface area (Å²) < 4.78 is 15.8. The van der Waals surface area contributed by atoms with Gasteiger partial charge in [-0.05, 0) is 27.7 Å². The van der Waals surface area contributed by atoms with Gasteiger partial charge in [0.2, 0.25) is 0 Å². The molecular weight excluding hydrogens is 258 g/mol. The summed E-state index contributed by atoms with van der Waals surface area (Å²) in [5.74, 6) is 0. The zero-order valence-corrected chi connectivity index (χ0v) is 13.2. The zero-order valence-electron chi connectivity index (χ0n) is 13.2. The second-order valence-electron chi connectivity index (χ2n) is 5.44. The Morgan fingerprint density at radius 2 is 1.95 bits per heavy atom. The lowest BCUT2D eigenvalue weighted by Crippen LogP contribution is -2.47. The third-order valence-electron chi connectivity index (χ3n) is 2.53. The Hall–Kier alpha value is -1.33. The molecule has 0 saturated heterocycles. The van der Waals surface area contributed by atoms with Gasteiger partial charge in [-0.25, -0.2) is 4.79 Å². The first-order valence-electron chi connectivity index (χ1n) is 6.60. The summed E-state index contributed by atoms with van der Waals surface area (Å²) >= 11 is 0. The first kappa shape index (κ1) is 18.7. The summed E-state index contributed by atoms with van der Waals surface area (Å²) in [6, 6.07) is -0.240. The van der Waals surface area contributed by atoms with E-state index in [1.54, 1.807) is 24.2 Å². The van der Waals surface area contributed by atoms with Crippen molar-refractivity contribution in [3.8, 4) is 0 Å². The highest BCUT2D eigenvalue weighted by Gasteiger charge is 2.29. The molecule has 5 heteroatoms. The van der Waals surface area contributed by atoms with Crippen molar-refractivity contribution in [1.29, 1.82) is 0 Å². The van der Waals surface area contributed by atoms with Gasteiger partial charge in [0.1, 0.15) is 12.4 Å². The summed E-state index contributed by atoms with van der Waals surface area (Å²) in [4.78, 5) is 13.8. The largest absolute Gasteiger partial charge is 0.444 e. The van der Waals surface area contributed by atoms with E-state index in [9.17, 15) is 4.79 Å². The second-order valence-corrected chi connectivity index (χ2v) is 5.44. The van der Waals surface area contributed by atoms with Crippen LogP contribution in [0.4, 0.5) is 4.79 Å². The lowest BCUT2D eigenvalue weighted by Gasteiger charge is -2.34. The highest BCUT2D eigenvalue weighted by Crippen LogP contribution is 2.15. The van der Waals surface area contributed by atoms with Crippen LogP contribution in [0.1, 0.15) is 27.7 Å². The van der Waals surface area contributed by atoms with Crippen molar-refractivity contribution < 1.29 is 19.0 Å². The minimum absolute atomic E-state index is 0.136. The van der Waals surface area contributed by atoms with Gasteiger partial charge in [0.15, 0.2) is 0 Å². The summed E-state index contributed by atoms with van der Waals surface area (Å²) in [7, 11) is 1.54. The number of ether oxygens (including phenoxy) is 3. The minimum atomic E-state index is -0.548. The number of rotatable bonds is 8. The first-order valence-corrected chi connectivity index (χ1v) is 6.60. The molecule has 20 heavy (non-hydrogen) atoms. The van der Waals surface area contributed by atoms with E-state index in [1.165, 1.54) is 0 Å². The normalized spacial score (nSPS) is 14.2. The molecule has 0 aliphatic heterocycles. The van der Waals surface area contributed by atoms with Crippen molar-refractivity contribution in [2.75, 3.05) is 20.4 Å². The summed E-state index contributed by atoms with van der Waals surface area (Å²) in [6.07, 6.45) is 2.54. The summed E-state index contributed by atoms with van der Waals surface area (Å²) in [6.45, 7) is 15.3. The molecule has 0 aliphatic rings. The standard InChI is InChI=1S/C15H27NO4/c1-8-10-16(14(17)20-15(4,5)6)12(3)13(9-2)19-11-18-7/h8-9,12-13H,1-2,10-11H2,3-7H3/t12-,13-/m0/s1. The highest BCUT2D eigenvalue weighted by molar-refractivity contribution is 5.68. The lowest BCUT2D eigenvalue weighted by atomic mass is 10.1. The first-order chi connectivity index (χ1) is 9.26. The Kier molecular flexibility index (Phi) is 8.18. The van der Waals surface area contributed by atoms with Crippen molar-refractivity contribution >= 4 is 6.09 Å². The van der Waals surface area contributed by atoms with Crippen molar-refractivity contribution in [3.05, 3.63) is 25.3 Å². The lowest BCUT2D eigenvalue weighted by molar-refractivity contribution is -0.0789. The van der Waals surface area contributed by atoms with Gasteiger partial charge in [0.25, 0.3) is 0 Å². The predicted molar refractivity (Wildman–Crippen MR) is 79.5 cm³/mol. The molecule has 116 valence electrons. The number of hydrogen-bond acceptors (Lipinski definition) is 4. The SMILES string of the molecule is C=CCN(C(=O)OC(C)(C)C)[C@@H](C)[C@H](C=C)OCOC. The van der Waals surface area contributed by atoms with Crippen LogP contribution >= 0.6 is 0 Å². The summed E-state index contributed by atoms with van der Waals surface area (Å²) in [5.41, 5.74) is -0.548. The van der Waals surface area contributed by atoms with Crippen LogP contribution < -0.4 is 0 Å². The van der Waals surface area contributed by atoms with Gasteiger partial charge < -0.3 is 14.2 Å².